The fourth-order valence-corrected chi connectivity index (χ4v) is 3.08. The highest BCUT2D eigenvalue weighted by molar-refractivity contribution is 7.92. The Morgan fingerprint density at radius 1 is 1.14 bits per heavy atom. The molecular weight excluding hydrogens is 284 g/mol. The minimum atomic E-state index is -3.58. The van der Waals surface area contributed by atoms with E-state index in [4.69, 9.17) is 5.73 Å². The van der Waals surface area contributed by atoms with Gasteiger partial charge in [0.15, 0.2) is 0 Å². The molecule has 0 saturated carbocycles. The van der Waals surface area contributed by atoms with Gasteiger partial charge in [0.05, 0.1) is 10.6 Å². The maximum atomic E-state index is 12.3. The lowest BCUT2D eigenvalue weighted by Gasteiger charge is -2.11. The molecule has 21 heavy (non-hydrogen) atoms. The number of anilines is 2. The van der Waals surface area contributed by atoms with Crippen molar-refractivity contribution in [1.82, 2.24) is 0 Å². The molecule has 2 aromatic carbocycles. The Kier molecular flexibility index (Phi) is 4.53. The van der Waals surface area contributed by atoms with Crippen molar-refractivity contribution in [2.75, 3.05) is 10.5 Å². The first-order valence-corrected chi connectivity index (χ1v) is 8.39. The Morgan fingerprint density at radius 3 is 2.38 bits per heavy atom. The van der Waals surface area contributed by atoms with Gasteiger partial charge in [-0.3, -0.25) is 4.72 Å². The first-order chi connectivity index (χ1) is 9.92. The van der Waals surface area contributed by atoms with E-state index < -0.39 is 10.0 Å². The predicted octanol–water partition coefficient (Wildman–Crippen LogP) is 3.58. The largest absolute Gasteiger partial charge is 0.399 e. The zero-order valence-electron chi connectivity index (χ0n) is 12.2. The molecule has 1 atom stereocenters. The number of nitrogens with one attached hydrogen (secondary N) is 1. The number of nitrogen functional groups attached to an aromatic ring is 1. The van der Waals surface area contributed by atoms with Gasteiger partial charge >= 0.3 is 0 Å². The molecule has 0 saturated heterocycles. The molecular formula is C16H20N2O2S. The SMILES string of the molecule is CCC(C)c1ccc(S(=O)(=O)Nc2cccc(N)c2)cc1. The smallest absolute Gasteiger partial charge is 0.261 e. The van der Waals surface area contributed by atoms with Crippen LogP contribution in [0.25, 0.3) is 0 Å². The third-order valence-electron chi connectivity index (χ3n) is 3.51. The number of rotatable bonds is 5. The van der Waals surface area contributed by atoms with Gasteiger partial charge < -0.3 is 5.73 Å². The molecule has 0 aliphatic carbocycles. The maximum absolute atomic E-state index is 12.3. The summed E-state index contributed by atoms with van der Waals surface area (Å²) in [5, 5.41) is 0. The fraction of sp³-hybridized carbons (Fsp3) is 0.250. The minimum Gasteiger partial charge on any atom is -0.399 e. The average Bonchev–Trinajstić information content (AvgIpc) is 2.46. The van der Waals surface area contributed by atoms with Crippen LogP contribution in [0.1, 0.15) is 31.7 Å². The molecule has 0 fully saturated rings. The molecule has 2 rings (SSSR count). The fourth-order valence-electron chi connectivity index (χ4n) is 2.03. The van der Waals surface area contributed by atoms with Gasteiger partial charge in [-0.25, -0.2) is 8.42 Å². The van der Waals surface area contributed by atoms with Crippen molar-refractivity contribution in [1.29, 1.82) is 0 Å². The first kappa shape index (κ1) is 15.4. The van der Waals surface area contributed by atoms with Crippen molar-refractivity contribution >= 4 is 21.4 Å². The molecule has 0 bridgehead atoms. The molecule has 0 spiro atoms. The van der Waals surface area contributed by atoms with Crippen LogP contribution in [0.3, 0.4) is 0 Å². The van der Waals surface area contributed by atoms with Gasteiger partial charge in [0.2, 0.25) is 0 Å². The van der Waals surface area contributed by atoms with Gasteiger partial charge in [-0.1, -0.05) is 32.0 Å². The lowest BCUT2D eigenvalue weighted by molar-refractivity contribution is 0.601. The first-order valence-electron chi connectivity index (χ1n) is 6.90. The highest BCUT2D eigenvalue weighted by Crippen LogP contribution is 2.22. The molecule has 2 aromatic rings. The van der Waals surface area contributed by atoms with Crippen molar-refractivity contribution in [2.24, 2.45) is 0 Å². The van der Waals surface area contributed by atoms with E-state index in [1.807, 2.05) is 12.1 Å². The van der Waals surface area contributed by atoms with Crippen LogP contribution in [0.15, 0.2) is 53.4 Å². The maximum Gasteiger partial charge on any atom is 0.261 e. The molecule has 0 amide bonds. The molecule has 0 aromatic heterocycles. The number of benzene rings is 2. The van der Waals surface area contributed by atoms with Crippen LogP contribution in [0.5, 0.6) is 0 Å². The molecule has 112 valence electrons. The highest BCUT2D eigenvalue weighted by atomic mass is 32.2. The lowest BCUT2D eigenvalue weighted by atomic mass is 9.99. The third-order valence-corrected chi connectivity index (χ3v) is 4.91. The van der Waals surface area contributed by atoms with E-state index in [-0.39, 0.29) is 4.90 Å². The van der Waals surface area contributed by atoms with Crippen LogP contribution in [0.2, 0.25) is 0 Å². The lowest BCUT2D eigenvalue weighted by Crippen LogP contribution is -2.13. The summed E-state index contributed by atoms with van der Waals surface area (Å²) in [6.45, 7) is 4.23. The highest BCUT2D eigenvalue weighted by Gasteiger charge is 2.14. The number of sulfonamides is 1. The number of hydrogen-bond donors (Lipinski definition) is 2. The van der Waals surface area contributed by atoms with E-state index >= 15 is 0 Å². The van der Waals surface area contributed by atoms with Crippen molar-refractivity contribution in [3.8, 4) is 0 Å². The minimum absolute atomic E-state index is 0.247. The van der Waals surface area contributed by atoms with Crippen LogP contribution in [-0.4, -0.2) is 8.42 Å². The molecule has 3 N–H and O–H groups in total. The van der Waals surface area contributed by atoms with Crippen molar-refractivity contribution in [2.45, 2.75) is 31.1 Å². The van der Waals surface area contributed by atoms with Crippen molar-refractivity contribution in [3.05, 3.63) is 54.1 Å². The Balaban J connectivity index is 2.23. The summed E-state index contributed by atoms with van der Waals surface area (Å²) in [4.78, 5) is 0.247. The molecule has 0 aliphatic rings. The van der Waals surface area contributed by atoms with E-state index in [1.54, 1.807) is 36.4 Å². The zero-order valence-corrected chi connectivity index (χ0v) is 13.0. The van der Waals surface area contributed by atoms with E-state index in [9.17, 15) is 8.42 Å². The van der Waals surface area contributed by atoms with Gasteiger partial charge in [0.25, 0.3) is 10.0 Å². The number of nitrogens with two attached hydrogens (primary N) is 1. The Labute approximate surface area is 126 Å². The second-order valence-corrected chi connectivity index (χ2v) is 6.79. The standard InChI is InChI=1S/C16H20N2O2S/c1-3-12(2)13-7-9-16(10-8-13)21(19,20)18-15-6-4-5-14(17)11-15/h4-12,18H,3,17H2,1-2H3. The summed E-state index contributed by atoms with van der Waals surface area (Å²) in [6, 6.07) is 13.7. The summed E-state index contributed by atoms with van der Waals surface area (Å²) in [7, 11) is -3.58. The summed E-state index contributed by atoms with van der Waals surface area (Å²) in [5.41, 5.74) is 7.76. The summed E-state index contributed by atoms with van der Waals surface area (Å²) < 4.78 is 27.2. The summed E-state index contributed by atoms with van der Waals surface area (Å²) >= 11 is 0. The molecule has 0 heterocycles. The number of hydrogen-bond acceptors (Lipinski definition) is 3. The van der Waals surface area contributed by atoms with E-state index in [1.165, 1.54) is 0 Å². The van der Waals surface area contributed by atoms with E-state index in [0.29, 0.717) is 17.3 Å². The molecule has 1 unspecified atom stereocenters. The predicted molar refractivity (Wildman–Crippen MR) is 86.8 cm³/mol. The van der Waals surface area contributed by atoms with Gasteiger partial charge in [0, 0.05) is 5.69 Å². The van der Waals surface area contributed by atoms with Crippen LogP contribution < -0.4 is 10.5 Å². The third kappa shape index (κ3) is 3.76. The van der Waals surface area contributed by atoms with Crippen LogP contribution in [-0.2, 0) is 10.0 Å². The van der Waals surface area contributed by atoms with Gasteiger partial charge in [-0.15, -0.1) is 0 Å². The molecule has 4 nitrogen and oxygen atoms in total. The molecule has 0 aliphatic heterocycles. The van der Waals surface area contributed by atoms with Crippen molar-refractivity contribution < 1.29 is 8.42 Å². The topological polar surface area (TPSA) is 72.2 Å². The monoisotopic (exact) mass is 304 g/mol. The Bertz CT molecular complexity index is 709. The normalized spacial score (nSPS) is 12.9. The van der Waals surface area contributed by atoms with Crippen LogP contribution in [0.4, 0.5) is 11.4 Å². The van der Waals surface area contributed by atoms with Gasteiger partial charge in [-0.05, 0) is 48.2 Å². The zero-order chi connectivity index (χ0) is 15.5. The second kappa shape index (κ2) is 6.18. The molecule has 0 radical (unpaired) electrons. The Hall–Kier alpha value is -2.01. The average molecular weight is 304 g/mol. The van der Waals surface area contributed by atoms with Crippen LogP contribution in [0, 0.1) is 0 Å². The summed E-state index contributed by atoms with van der Waals surface area (Å²) in [5.74, 6) is 0.420. The van der Waals surface area contributed by atoms with Crippen LogP contribution >= 0.6 is 0 Å². The van der Waals surface area contributed by atoms with E-state index in [2.05, 4.69) is 18.6 Å². The second-order valence-electron chi connectivity index (χ2n) is 5.11. The van der Waals surface area contributed by atoms with Gasteiger partial charge in [-0.2, -0.15) is 0 Å². The Morgan fingerprint density at radius 2 is 1.81 bits per heavy atom. The quantitative estimate of drug-likeness (QED) is 0.829. The van der Waals surface area contributed by atoms with Gasteiger partial charge in [0.1, 0.15) is 0 Å². The van der Waals surface area contributed by atoms with Crippen molar-refractivity contribution in [3.63, 3.8) is 0 Å². The summed E-state index contributed by atoms with van der Waals surface area (Å²) in [6.07, 6.45) is 1.02. The molecule has 5 heteroatoms. The van der Waals surface area contributed by atoms with E-state index in [0.717, 1.165) is 12.0 Å².